The third kappa shape index (κ3) is 5.86. The van der Waals surface area contributed by atoms with Gasteiger partial charge >= 0.3 is 27.1 Å². The van der Waals surface area contributed by atoms with Crippen molar-refractivity contribution >= 4 is 48.9 Å². The van der Waals surface area contributed by atoms with E-state index in [0.717, 1.165) is 33.3 Å². The lowest BCUT2D eigenvalue weighted by atomic mass is 10.1. The van der Waals surface area contributed by atoms with Crippen LogP contribution in [0.25, 0.3) is 32.9 Å². The molecule has 0 fully saturated rings. The molecule has 0 radical (unpaired) electrons. The average Bonchev–Trinajstić information content (AvgIpc) is 3.01. The van der Waals surface area contributed by atoms with E-state index in [0.29, 0.717) is 16.8 Å². The smallest absolute Gasteiger partial charge is 0.577 e. The van der Waals surface area contributed by atoms with Crippen molar-refractivity contribution in [1.82, 2.24) is 9.97 Å². The second kappa shape index (κ2) is 11.8. The van der Waals surface area contributed by atoms with Gasteiger partial charge in [-0.15, -0.1) is 0 Å². The van der Waals surface area contributed by atoms with Crippen molar-refractivity contribution in [3.63, 3.8) is 0 Å². The predicted octanol–water partition coefficient (Wildman–Crippen LogP) is 7.14. The molecule has 4 aromatic carbocycles. The van der Waals surface area contributed by atoms with Crippen LogP contribution in [-0.4, -0.2) is 37.1 Å². The van der Waals surface area contributed by atoms with Crippen LogP contribution < -0.4 is 3.79 Å². The van der Waals surface area contributed by atoms with E-state index in [2.05, 4.69) is 9.97 Å². The van der Waals surface area contributed by atoms with E-state index < -0.39 is 27.1 Å². The van der Waals surface area contributed by atoms with Gasteiger partial charge < -0.3 is 11.4 Å². The molecule has 0 saturated carbocycles. The number of aromatic nitrogens is 2. The fourth-order valence-corrected chi connectivity index (χ4v) is 5.79. The molecule has 6 aromatic rings. The zero-order valence-electron chi connectivity index (χ0n) is 23.0. The molecule has 0 amide bonds. The Morgan fingerprint density at radius 2 is 1.05 bits per heavy atom. The van der Waals surface area contributed by atoms with Gasteiger partial charge in [-0.05, 0) is 61.4 Å². The molecule has 8 heteroatoms. The minimum absolute atomic E-state index is 0.259. The van der Waals surface area contributed by atoms with Crippen molar-refractivity contribution in [1.29, 1.82) is 0 Å². The maximum Gasteiger partial charge on any atom is 1.20 e. The first-order chi connectivity index (χ1) is 20.4. The summed E-state index contributed by atoms with van der Waals surface area (Å²) in [4.78, 5) is 36.0. The summed E-state index contributed by atoms with van der Waals surface area (Å²) in [6, 6.07) is 35.3. The Bertz CT molecular complexity index is 1830. The Hall–Kier alpha value is -5.03. The highest BCUT2D eigenvalue weighted by molar-refractivity contribution is 6.44. The minimum Gasteiger partial charge on any atom is -0.577 e. The van der Waals surface area contributed by atoms with Gasteiger partial charge in [-0.2, -0.15) is 0 Å². The van der Waals surface area contributed by atoms with Gasteiger partial charge in [0.25, 0.3) is 0 Å². The molecule has 0 aliphatic rings. The van der Waals surface area contributed by atoms with Crippen LogP contribution in [0.2, 0.25) is 0 Å². The number of fused-ring (bicyclic) bond motifs is 2. The number of rotatable bonds is 7. The molecule has 0 saturated heterocycles. The fourth-order valence-electron chi connectivity index (χ4n) is 4.66. The van der Waals surface area contributed by atoms with Gasteiger partial charge in [0.2, 0.25) is 0 Å². The second-order valence-corrected chi connectivity index (χ2v) is 11.1. The van der Waals surface area contributed by atoms with Crippen molar-refractivity contribution in [2.45, 2.75) is 13.8 Å². The van der Waals surface area contributed by atoms with Gasteiger partial charge in [0, 0.05) is 22.2 Å². The first kappa shape index (κ1) is 27.2. The summed E-state index contributed by atoms with van der Waals surface area (Å²) >= 11 is -3.45. The van der Waals surface area contributed by atoms with Gasteiger partial charge in [-0.3, -0.25) is 9.97 Å². The molecule has 7 nitrogen and oxygen atoms in total. The Kier molecular flexibility index (Phi) is 7.65. The maximum absolute atomic E-state index is 13.5. The number of carbonyl (C=O) groups excluding carboxylic acids is 2. The van der Waals surface area contributed by atoms with Crippen LogP contribution in [0.1, 0.15) is 32.1 Å². The number of benzene rings is 4. The summed E-state index contributed by atoms with van der Waals surface area (Å²) in [6.45, 7) is 3.70. The number of hydrogen-bond acceptors (Lipinski definition) is 7. The quantitative estimate of drug-likeness (QED) is 0.189. The van der Waals surface area contributed by atoms with Gasteiger partial charge in [-0.1, -0.05) is 78.9 Å². The van der Waals surface area contributed by atoms with E-state index in [1.807, 2.05) is 92.7 Å². The largest absolute Gasteiger partial charge is 1.20 e. The van der Waals surface area contributed by atoms with Crippen molar-refractivity contribution < 1.29 is 21.0 Å². The van der Waals surface area contributed by atoms with Crippen LogP contribution in [0.4, 0.5) is 0 Å². The van der Waals surface area contributed by atoms with Gasteiger partial charge in [0.05, 0.1) is 27.9 Å². The Morgan fingerprint density at radius 3 is 1.57 bits per heavy atom. The average molecular weight is 569 g/mol. The van der Waals surface area contributed by atoms with E-state index in [1.165, 1.54) is 0 Å². The Labute approximate surface area is 247 Å². The van der Waals surface area contributed by atoms with Crippen LogP contribution in [-0.2, 0) is 7.58 Å². The highest BCUT2D eigenvalue weighted by atomic mass is 27.3. The first-order valence-corrected chi connectivity index (χ1v) is 14.8. The molecular weight excluding hydrogens is 543 g/mol. The summed E-state index contributed by atoms with van der Waals surface area (Å²) in [7, 11) is 0. The van der Waals surface area contributed by atoms with Crippen LogP contribution in [0.5, 0.6) is 5.75 Å². The molecule has 0 aliphatic carbocycles. The second-order valence-electron chi connectivity index (χ2n) is 9.77. The van der Waals surface area contributed by atoms with Crippen LogP contribution >= 0.6 is 0 Å². The molecule has 0 N–H and O–H groups in total. The third-order valence-electron chi connectivity index (χ3n) is 6.76. The fraction of sp³-hybridized carbons (Fsp3) is 0.0588. The normalized spacial score (nSPS) is 10.8. The number of hydrogen-bond donors (Lipinski definition) is 0. The maximum atomic E-state index is 13.5. The van der Waals surface area contributed by atoms with E-state index in [9.17, 15) is 9.59 Å². The lowest BCUT2D eigenvalue weighted by molar-refractivity contribution is 0.0531. The predicted molar refractivity (Wildman–Crippen MR) is 162 cm³/mol. The first-order valence-electron chi connectivity index (χ1n) is 13.4. The summed E-state index contributed by atoms with van der Waals surface area (Å²) < 4.78 is 17.7. The molecule has 42 heavy (non-hydrogen) atoms. The molecule has 0 spiro atoms. The Morgan fingerprint density at radius 1 is 0.548 bits per heavy atom. The summed E-state index contributed by atoms with van der Waals surface area (Å²) in [5.74, 6) is -0.961. The minimum atomic E-state index is -3.45. The monoisotopic (exact) mass is 568 g/mol. The molecule has 0 atom stereocenters. The summed E-state index contributed by atoms with van der Waals surface area (Å²) in [6.07, 6.45) is 0. The molecular formula is C34H25AlN2O5. The lowest BCUT2D eigenvalue weighted by Crippen LogP contribution is -2.35. The molecule has 204 valence electrons. The van der Waals surface area contributed by atoms with Crippen molar-refractivity contribution in [2.24, 2.45) is 0 Å². The van der Waals surface area contributed by atoms with Crippen molar-refractivity contribution in [3.8, 4) is 16.9 Å². The highest BCUT2D eigenvalue weighted by Gasteiger charge is 2.48. The number of nitrogens with zero attached hydrogens (tertiary/aromatic N) is 2. The zero-order valence-corrected chi connectivity index (χ0v) is 24.1. The molecule has 2 heterocycles. The number of aryl methyl sites for hydroxylation is 2. The molecule has 6 rings (SSSR count). The van der Waals surface area contributed by atoms with E-state index >= 15 is 0 Å². The van der Waals surface area contributed by atoms with E-state index in [4.69, 9.17) is 11.4 Å². The molecule has 0 unspecified atom stereocenters. The molecule has 2 aromatic heterocycles. The lowest BCUT2D eigenvalue weighted by Gasteiger charge is -2.16. The number of pyridine rings is 2. The molecule has 0 aliphatic heterocycles. The summed E-state index contributed by atoms with van der Waals surface area (Å²) in [5, 5.41) is 1.58. The van der Waals surface area contributed by atoms with E-state index in [-0.39, 0.29) is 11.1 Å². The molecule has 0 bridgehead atoms. The van der Waals surface area contributed by atoms with Gasteiger partial charge in [0.1, 0.15) is 0 Å². The van der Waals surface area contributed by atoms with E-state index in [1.54, 1.807) is 36.4 Å². The van der Waals surface area contributed by atoms with Crippen molar-refractivity contribution in [2.75, 3.05) is 0 Å². The van der Waals surface area contributed by atoms with Crippen LogP contribution in [0, 0.1) is 13.8 Å². The third-order valence-corrected chi connectivity index (χ3v) is 8.04. The number of carbonyl (C=O) groups is 2. The topological polar surface area (TPSA) is 87.6 Å². The Balaban J connectivity index is 1.31. The van der Waals surface area contributed by atoms with Gasteiger partial charge in [-0.25, -0.2) is 9.59 Å². The van der Waals surface area contributed by atoms with Crippen LogP contribution in [0.3, 0.4) is 0 Å². The zero-order chi connectivity index (χ0) is 29.1. The van der Waals surface area contributed by atoms with Crippen molar-refractivity contribution in [3.05, 3.63) is 138 Å². The van der Waals surface area contributed by atoms with Gasteiger partial charge in [0.15, 0.2) is 0 Å². The summed E-state index contributed by atoms with van der Waals surface area (Å²) in [5.41, 5.74) is 5.08. The SMILES string of the molecule is Cc1ccc2cccc(C(=O)[O][Al]([O]C(=O)c3cccc4ccc(C)nc34)[O]c3ccc(-c4ccccc4)cc3)c2n1. The highest BCUT2D eigenvalue weighted by Crippen LogP contribution is 2.25. The van der Waals surface area contributed by atoms with Crippen LogP contribution in [0.15, 0.2) is 115 Å². The number of para-hydroxylation sites is 2. The standard InChI is InChI=1S/C12H10O.2C11H9NO2.Al/c13-12-8-6-11(7-9-12)10-4-2-1-3-5-10;2*1-7-5-6-8-3-2-4-9(11(13)14)10(8)12-7;/h1-9,13H;2*2-6H,1H3,(H,13,14);/q;;;+3/p-3.